The quantitative estimate of drug-likeness (QED) is 0.446. The van der Waals surface area contributed by atoms with Crippen LogP contribution in [-0.2, 0) is 14.8 Å². The second-order valence-electron chi connectivity index (χ2n) is 9.32. The molecule has 0 bridgehead atoms. The fourth-order valence-electron chi connectivity index (χ4n) is 4.78. The van der Waals surface area contributed by atoms with Crippen LogP contribution < -0.4 is 16.4 Å². The highest BCUT2D eigenvalue weighted by molar-refractivity contribution is 7.89. The molecule has 2 aromatic heterocycles. The Kier molecular flexibility index (Phi) is 6.38. The van der Waals surface area contributed by atoms with Gasteiger partial charge in [-0.2, -0.15) is 0 Å². The number of carbonyl (C=O) groups is 2. The molecule has 0 saturated carbocycles. The molecule has 3 heterocycles. The van der Waals surface area contributed by atoms with E-state index in [4.69, 9.17) is 5.73 Å². The lowest BCUT2D eigenvalue weighted by molar-refractivity contribution is -0.116. The number of sulfonamides is 1. The molecule has 1 aliphatic heterocycles. The summed E-state index contributed by atoms with van der Waals surface area (Å²) in [6, 6.07) is 8.34. The van der Waals surface area contributed by atoms with Crippen LogP contribution in [0.2, 0.25) is 0 Å². The fourth-order valence-corrected chi connectivity index (χ4v) is 6.79. The highest BCUT2D eigenvalue weighted by Crippen LogP contribution is 2.51. The SMILES string of the molecule is Cc1ccc(S(=O)(=O)N(C)C)cc1NC(=O)c1sc2c(c1N)[C@@H](c1cccnc1)C1=C(CCCC1=O)N2. The van der Waals surface area contributed by atoms with Crippen molar-refractivity contribution in [3.05, 3.63) is 75.6 Å². The number of anilines is 3. The number of nitrogens with zero attached hydrogens (tertiary/aromatic N) is 2. The van der Waals surface area contributed by atoms with E-state index in [2.05, 4.69) is 15.6 Å². The van der Waals surface area contributed by atoms with Gasteiger partial charge in [0.2, 0.25) is 10.0 Å². The molecular weight excluding hydrogens is 510 g/mol. The molecule has 0 radical (unpaired) electrons. The van der Waals surface area contributed by atoms with E-state index >= 15 is 0 Å². The van der Waals surface area contributed by atoms with Gasteiger partial charge in [-0.1, -0.05) is 12.1 Å². The molecule has 2 aliphatic rings. The number of hydrogen-bond donors (Lipinski definition) is 3. The third kappa shape index (κ3) is 4.32. The van der Waals surface area contributed by atoms with Crippen molar-refractivity contribution < 1.29 is 18.0 Å². The first-order valence-electron chi connectivity index (χ1n) is 11.8. The Balaban J connectivity index is 1.55. The van der Waals surface area contributed by atoms with Crippen molar-refractivity contribution >= 4 is 49.4 Å². The Morgan fingerprint density at radius 2 is 2.03 bits per heavy atom. The molecule has 0 saturated heterocycles. The lowest BCUT2D eigenvalue weighted by atomic mass is 9.77. The number of nitrogen functional groups attached to an aromatic ring is 1. The second-order valence-corrected chi connectivity index (χ2v) is 12.5. The molecule has 0 spiro atoms. The van der Waals surface area contributed by atoms with Crippen molar-refractivity contribution in [1.29, 1.82) is 0 Å². The van der Waals surface area contributed by atoms with Gasteiger partial charge < -0.3 is 16.4 Å². The Morgan fingerprint density at radius 1 is 1.24 bits per heavy atom. The highest BCUT2D eigenvalue weighted by Gasteiger charge is 2.39. The van der Waals surface area contributed by atoms with Crippen LogP contribution in [-0.4, -0.2) is 43.5 Å². The van der Waals surface area contributed by atoms with E-state index in [0.29, 0.717) is 39.4 Å². The van der Waals surface area contributed by atoms with E-state index < -0.39 is 21.8 Å². The van der Waals surface area contributed by atoms with Crippen molar-refractivity contribution in [2.75, 3.05) is 30.5 Å². The van der Waals surface area contributed by atoms with Crippen LogP contribution in [0.1, 0.15) is 51.5 Å². The molecule has 1 amide bonds. The summed E-state index contributed by atoms with van der Waals surface area (Å²) in [5, 5.41) is 6.94. The van der Waals surface area contributed by atoms with Crippen LogP contribution in [0.4, 0.5) is 16.4 Å². The Labute approximate surface area is 219 Å². The number of aryl methyl sites for hydroxylation is 1. The minimum atomic E-state index is -3.68. The zero-order chi connectivity index (χ0) is 26.5. The van der Waals surface area contributed by atoms with Crippen molar-refractivity contribution in [1.82, 2.24) is 9.29 Å². The van der Waals surface area contributed by atoms with Gasteiger partial charge in [-0.3, -0.25) is 14.6 Å². The summed E-state index contributed by atoms with van der Waals surface area (Å²) in [5.41, 5.74) is 11.1. The van der Waals surface area contributed by atoms with Crippen LogP contribution in [0.3, 0.4) is 0 Å². The number of allylic oxidation sites excluding steroid dienone is 2. The minimum absolute atomic E-state index is 0.0689. The molecule has 4 N–H and O–H groups in total. The van der Waals surface area contributed by atoms with Gasteiger partial charge in [0.25, 0.3) is 5.91 Å². The van der Waals surface area contributed by atoms with Gasteiger partial charge in [-0.15, -0.1) is 11.3 Å². The lowest BCUT2D eigenvalue weighted by Crippen LogP contribution is -2.26. The summed E-state index contributed by atoms with van der Waals surface area (Å²) in [4.78, 5) is 31.1. The monoisotopic (exact) mass is 537 g/mol. The molecule has 1 aromatic carbocycles. The standard InChI is InChI=1S/C26H27N5O4S2/c1-14-9-10-16(37(34,35)31(2)3)12-18(14)29-25(33)24-23(27)22-20(15-6-5-11-28-13-15)21-17(30-26(22)36-24)7-4-8-19(21)32/h5-6,9-13,20,30H,4,7-8,27H2,1-3H3,(H,29,33)/t20-/m0/s1. The number of hydrogen-bond acceptors (Lipinski definition) is 8. The molecule has 3 aromatic rings. The van der Waals surface area contributed by atoms with Crippen LogP contribution in [0, 0.1) is 6.92 Å². The normalized spacial score (nSPS) is 17.3. The van der Waals surface area contributed by atoms with Crippen LogP contribution in [0.15, 0.2) is 58.9 Å². The van der Waals surface area contributed by atoms with Crippen LogP contribution in [0.5, 0.6) is 0 Å². The first-order valence-corrected chi connectivity index (χ1v) is 14.0. The molecule has 0 fully saturated rings. The van der Waals surface area contributed by atoms with Gasteiger partial charge in [0.05, 0.1) is 15.6 Å². The molecule has 11 heteroatoms. The second kappa shape index (κ2) is 9.40. The van der Waals surface area contributed by atoms with Gasteiger partial charge in [0.15, 0.2) is 5.78 Å². The smallest absolute Gasteiger partial charge is 0.267 e. The number of nitrogens with one attached hydrogen (secondary N) is 2. The lowest BCUT2D eigenvalue weighted by Gasteiger charge is -2.32. The number of fused-ring (bicyclic) bond motifs is 1. The topological polar surface area (TPSA) is 134 Å². The number of rotatable bonds is 5. The van der Waals surface area contributed by atoms with Crippen molar-refractivity contribution in [2.24, 2.45) is 0 Å². The number of benzene rings is 1. The maximum Gasteiger partial charge on any atom is 0.267 e. The first kappa shape index (κ1) is 25.1. The molecule has 192 valence electrons. The maximum absolute atomic E-state index is 13.5. The summed E-state index contributed by atoms with van der Waals surface area (Å²) in [6.07, 6.45) is 5.37. The average Bonchev–Trinajstić information content (AvgIpc) is 3.20. The van der Waals surface area contributed by atoms with Crippen molar-refractivity contribution in [2.45, 2.75) is 37.0 Å². The molecule has 37 heavy (non-hydrogen) atoms. The average molecular weight is 538 g/mol. The fraction of sp³-hybridized carbons (Fsp3) is 0.269. The molecular formula is C26H27N5O4S2. The van der Waals surface area contributed by atoms with Gasteiger partial charge in [0, 0.05) is 61.3 Å². The van der Waals surface area contributed by atoms with Gasteiger partial charge in [-0.25, -0.2) is 12.7 Å². The number of aromatic nitrogens is 1. The van der Waals surface area contributed by atoms with Crippen molar-refractivity contribution in [3.63, 3.8) is 0 Å². The third-order valence-electron chi connectivity index (χ3n) is 6.74. The number of pyridine rings is 1. The summed E-state index contributed by atoms with van der Waals surface area (Å²) in [6.45, 7) is 1.79. The predicted octanol–water partition coefficient (Wildman–Crippen LogP) is 4.10. The van der Waals surface area contributed by atoms with Crippen LogP contribution in [0.25, 0.3) is 0 Å². The molecule has 0 unspecified atom stereocenters. The largest absolute Gasteiger partial charge is 0.397 e. The third-order valence-corrected chi connectivity index (χ3v) is 9.69. The maximum atomic E-state index is 13.5. The first-order chi connectivity index (χ1) is 17.6. The zero-order valence-corrected chi connectivity index (χ0v) is 22.3. The number of nitrogens with two attached hydrogens (primary N) is 1. The van der Waals surface area contributed by atoms with E-state index in [1.54, 1.807) is 25.4 Å². The summed E-state index contributed by atoms with van der Waals surface area (Å²) in [7, 11) is -0.770. The highest BCUT2D eigenvalue weighted by atomic mass is 32.2. The van der Waals surface area contributed by atoms with E-state index in [-0.39, 0.29) is 10.7 Å². The van der Waals surface area contributed by atoms with Gasteiger partial charge in [-0.05, 0) is 49.1 Å². The van der Waals surface area contributed by atoms with Crippen molar-refractivity contribution in [3.8, 4) is 0 Å². The molecule has 5 rings (SSSR count). The molecule has 9 nitrogen and oxygen atoms in total. The van der Waals surface area contributed by atoms with Gasteiger partial charge >= 0.3 is 0 Å². The molecule has 1 atom stereocenters. The summed E-state index contributed by atoms with van der Waals surface area (Å²) >= 11 is 1.22. The number of thiophene rings is 1. The van der Waals surface area contributed by atoms with E-state index in [0.717, 1.165) is 33.4 Å². The number of Topliss-reactive ketones (excluding diaryl/α,β-unsaturated/α-hetero) is 1. The zero-order valence-electron chi connectivity index (χ0n) is 20.7. The Hall–Kier alpha value is -3.54. The van der Waals surface area contributed by atoms with Gasteiger partial charge in [0.1, 0.15) is 4.88 Å². The summed E-state index contributed by atoms with van der Waals surface area (Å²) in [5.74, 6) is -0.796. The molecule has 1 aliphatic carbocycles. The Bertz CT molecular complexity index is 1560. The predicted molar refractivity (Wildman–Crippen MR) is 144 cm³/mol. The van der Waals surface area contributed by atoms with E-state index in [1.165, 1.54) is 37.6 Å². The van der Waals surface area contributed by atoms with E-state index in [9.17, 15) is 18.0 Å². The number of ketones is 1. The van der Waals surface area contributed by atoms with Crippen LogP contribution >= 0.6 is 11.3 Å². The minimum Gasteiger partial charge on any atom is -0.397 e. The summed E-state index contributed by atoms with van der Waals surface area (Å²) < 4.78 is 26.3. The van der Waals surface area contributed by atoms with E-state index in [1.807, 2.05) is 12.1 Å². The Morgan fingerprint density at radius 3 is 2.73 bits per heavy atom. The number of amides is 1. The number of carbonyl (C=O) groups excluding carboxylic acids is 2.